The topological polar surface area (TPSA) is 29.3 Å². The first-order valence-electron chi connectivity index (χ1n) is 7.74. The summed E-state index contributed by atoms with van der Waals surface area (Å²) in [4.78, 5) is 2.61. The largest absolute Gasteiger partial charge is 0.326 e. The van der Waals surface area contributed by atoms with Crippen LogP contribution in [0.2, 0.25) is 0 Å². The molecule has 1 aromatic carbocycles. The van der Waals surface area contributed by atoms with Crippen molar-refractivity contribution in [1.82, 2.24) is 4.90 Å². The number of nitrogens with two attached hydrogens (primary N) is 1. The molecule has 2 atom stereocenters. The maximum Gasteiger partial charge on any atom is 0.0496 e. The van der Waals surface area contributed by atoms with E-state index < -0.39 is 0 Å². The minimum Gasteiger partial charge on any atom is -0.326 e. The van der Waals surface area contributed by atoms with E-state index in [0.29, 0.717) is 6.04 Å². The van der Waals surface area contributed by atoms with Gasteiger partial charge < -0.3 is 5.73 Å². The van der Waals surface area contributed by atoms with E-state index in [2.05, 4.69) is 43.0 Å². The molecule has 1 aliphatic rings. The summed E-state index contributed by atoms with van der Waals surface area (Å²) in [6.07, 6.45) is 6.78. The SMILES string of the molecule is Cc1ccc(C(C(C)N)N2CCCCCCC2)cc1. The van der Waals surface area contributed by atoms with Gasteiger partial charge in [0.05, 0.1) is 0 Å². The molecule has 2 unspecified atom stereocenters. The number of likely N-dealkylation sites (tertiary alicyclic amines) is 1. The van der Waals surface area contributed by atoms with Gasteiger partial charge in [0.1, 0.15) is 0 Å². The Bertz CT molecular complexity index is 361. The van der Waals surface area contributed by atoms with E-state index in [1.807, 2.05) is 0 Å². The molecule has 1 fully saturated rings. The van der Waals surface area contributed by atoms with Crippen molar-refractivity contribution in [3.63, 3.8) is 0 Å². The highest BCUT2D eigenvalue weighted by molar-refractivity contribution is 5.25. The van der Waals surface area contributed by atoms with Crippen molar-refractivity contribution >= 4 is 0 Å². The van der Waals surface area contributed by atoms with Crippen LogP contribution in [0.5, 0.6) is 0 Å². The Kier molecular flexibility index (Phi) is 5.41. The summed E-state index contributed by atoms with van der Waals surface area (Å²) in [5, 5.41) is 0. The lowest BCUT2D eigenvalue weighted by molar-refractivity contribution is 0.161. The molecule has 2 nitrogen and oxygen atoms in total. The predicted molar refractivity (Wildman–Crippen MR) is 82.2 cm³/mol. The van der Waals surface area contributed by atoms with Crippen LogP contribution in [0.4, 0.5) is 0 Å². The molecule has 1 heterocycles. The Labute approximate surface area is 118 Å². The summed E-state index contributed by atoms with van der Waals surface area (Å²) < 4.78 is 0. The maximum absolute atomic E-state index is 6.29. The monoisotopic (exact) mass is 260 g/mol. The van der Waals surface area contributed by atoms with Gasteiger partial charge >= 0.3 is 0 Å². The van der Waals surface area contributed by atoms with Crippen molar-refractivity contribution in [3.8, 4) is 0 Å². The average molecular weight is 260 g/mol. The molecule has 1 aliphatic heterocycles. The van der Waals surface area contributed by atoms with Crippen LogP contribution < -0.4 is 5.73 Å². The normalized spacial score (nSPS) is 21.4. The summed E-state index contributed by atoms with van der Waals surface area (Å²) in [7, 11) is 0. The number of nitrogens with zero attached hydrogens (tertiary/aromatic N) is 1. The predicted octanol–water partition coefficient (Wildman–Crippen LogP) is 3.65. The van der Waals surface area contributed by atoms with Gasteiger partial charge in [0.15, 0.2) is 0 Å². The Morgan fingerprint density at radius 3 is 2.00 bits per heavy atom. The van der Waals surface area contributed by atoms with Crippen LogP contribution in [0.1, 0.15) is 56.2 Å². The van der Waals surface area contributed by atoms with Crippen molar-refractivity contribution < 1.29 is 0 Å². The van der Waals surface area contributed by atoms with Gasteiger partial charge in [-0.15, -0.1) is 0 Å². The van der Waals surface area contributed by atoms with Crippen LogP contribution >= 0.6 is 0 Å². The molecule has 0 bridgehead atoms. The zero-order valence-corrected chi connectivity index (χ0v) is 12.4. The third kappa shape index (κ3) is 4.05. The second-order valence-electron chi connectivity index (χ2n) is 6.02. The van der Waals surface area contributed by atoms with E-state index >= 15 is 0 Å². The molecule has 0 aromatic heterocycles. The van der Waals surface area contributed by atoms with E-state index in [0.717, 1.165) is 0 Å². The molecule has 2 rings (SSSR count). The van der Waals surface area contributed by atoms with Crippen LogP contribution in [-0.4, -0.2) is 24.0 Å². The lowest BCUT2D eigenvalue weighted by Gasteiger charge is -2.35. The lowest BCUT2D eigenvalue weighted by atomic mass is 9.96. The van der Waals surface area contributed by atoms with E-state index in [1.54, 1.807) is 0 Å². The highest BCUT2D eigenvalue weighted by Crippen LogP contribution is 2.26. The molecule has 0 amide bonds. The van der Waals surface area contributed by atoms with E-state index in [4.69, 9.17) is 5.73 Å². The first-order valence-corrected chi connectivity index (χ1v) is 7.74. The highest BCUT2D eigenvalue weighted by Gasteiger charge is 2.24. The molecule has 1 aromatic rings. The van der Waals surface area contributed by atoms with Crippen molar-refractivity contribution in [3.05, 3.63) is 35.4 Å². The van der Waals surface area contributed by atoms with Crippen molar-refractivity contribution in [2.45, 2.75) is 58.0 Å². The van der Waals surface area contributed by atoms with Crippen molar-refractivity contribution in [2.75, 3.05) is 13.1 Å². The molecule has 0 aliphatic carbocycles. The minimum absolute atomic E-state index is 0.183. The Hall–Kier alpha value is -0.860. The standard InChI is InChI=1S/C17H28N2/c1-14-8-10-16(11-9-14)17(15(2)18)19-12-6-4-3-5-7-13-19/h8-11,15,17H,3-7,12-13,18H2,1-2H3. The Balaban J connectivity index is 2.15. The second kappa shape index (κ2) is 7.06. The zero-order chi connectivity index (χ0) is 13.7. The van der Waals surface area contributed by atoms with Crippen LogP contribution in [0.25, 0.3) is 0 Å². The number of aryl methyl sites for hydroxylation is 1. The van der Waals surface area contributed by atoms with Gasteiger partial charge in [0.2, 0.25) is 0 Å². The lowest BCUT2D eigenvalue weighted by Crippen LogP contribution is -2.41. The summed E-state index contributed by atoms with van der Waals surface area (Å²) in [6.45, 7) is 6.67. The van der Waals surface area contributed by atoms with Crippen LogP contribution in [0.3, 0.4) is 0 Å². The van der Waals surface area contributed by atoms with E-state index in [-0.39, 0.29) is 6.04 Å². The van der Waals surface area contributed by atoms with Gasteiger partial charge in [0.25, 0.3) is 0 Å². The highest BCUT2D eigenvalue weighted by atomic mass is 15.2. The average Bonchev–Trinajstić information content (AvgIpc) is 2.34. The molecule has 0 radical (unpaired) electrons. The van der Waals surface area contributed by atoms with Crippen molar-refractivity contribution in [1.29, 1.82) is 0 Å². The minimum atomic E-state index is 0.183. The molecule has 19 heavy (non-hydrogen) atoms. The third-order valence-corrected chi connectivity index (χ3v) is 4.20. The van der Waals surface area contributed by atoms with E-state index in [1.165, 1.54) is 56.3 Å². The molecule has 1 saturated heterocycles. The van der Waals surface area contributed by atoms with E-state index in [9.17, 15) is 0 Å². The number of hydrogen-bond donors (Lipinski definition) is 1. The number of hydrogen-bond acceptors (Lipinski definition) is 2. The smallest absolute Gasteiger partial charge is 0.0496 e. The van der Waals surface area contributed by atoms with Gasteiger partial charge in [-0.25, -0.2) is 0 Å². The first kappa shape index (κ1) is 14.5. The fraction of sp³-hybridized carbons (Fsp3) is 0.647. The van der Waals surface area contributed by atoms with Crippen molar-refractivity contribution in [2.24, 2.45) is 5.73 Å². The number of rotatable bonds is 3. The van der Waals surface area contributed by atoms with Gasteiger partial charge in [0, 0.05) is 12.1 Å². The van der Waals surface area contributed by atoms with Gasteiger partial charge in [-0.2, -0.15) is 0 Å². The first-order chi connectivity index (χ1) is 9.18. The quantitative estimate of drug-likeness (QED) is 0.899. The Morgan fingerprint density at radius 1 is 0.947 bits per heavy atom. The second-order valence-corrected chi connectivity index (χ2v) is 6.02. The Morgan fingerprint density at radius 2 is 1.47 bits per heavy atom. The fourth-order valence-electron chi connectivity index (χ4n) is 3.16. The summed E-state index contributed by atoms with van der Waals surface area (Å²) in [5.41, 5.74) is 8.98. The van der Waals surface area contributed by atoms with Gasteiger partial charge in [-0.3, -0.25) is 4.90 Å². The molecule has 0 spiro atoms. The molecule has 106 valence electrons. The van der Waals surface area contributed by atoms with Crippen LogP contribution in [0.15, 0.2) is 24.3 Å². The molecule has 2 heteroatoms. The maximum atomic E-state index is 6.29. The van der Waals surface area contributed by atoms with Crippen LogP contribution in [-0.2, 0) is 0 Å². The molecule has 0 saturated carbocycles. The molecule has 2 N–H and O–H groups in total. The summed E-state index contributed by atoms with van der Waals surface area (Å²) >= 11 is 0. The molecular weight excluding hydrogens is 232 g/mol. The third-order valence-electron chi connectivity index (χ3n) is 4.20. The summed E-state index contributed by atoms with van der Waals surface area (Å²) in [5.74, 6) is 0. The van der Waals surface area contributed by atoms with Crippen LogP contribution in [0, 0.1) is 6.92 Å². The van der Waals surface area contributed by atoms with Gasteiger partial charge in [-0.05, 0) is 45.3 Å². The zero-order valence-electron chi connectivity index (χ0n) is 12.4. The fourth-order valence-corrected chi connectivity index (χ4v) is 3.16. The summed E-state index contributed by atoms with van der Waals surface area (Å²) in [6, 6.07) is 9.47. The van der Waals surface area contributed by atoms with Gasteiger partial charge in [-0.1, -0.05) is 49.1 Å². The molecular formula is C17H28N2. The number of benzene rings is 1.